The van der Waals surface area contributed by atoms with Crippen molar-refractivity contribution in [2.24, 2.45) is 0 Å². The fourth-order valence-electron chi connectivity index (χ4n) is 1.66. The summed E-state index contributed by atoms with van der Waals surface area (Å²) in [5, 5.41) is 0.262. The minimum Gasteiger partial charge on any atom is -0.495 e. The van der Waals surface area contributed by atoms with Gasteiger partial charge in [-0.05, 0) is 30.3 Å². The van der Waals surface area contributed by atoms with E-state index in [4.69, 9.17) is 22.1 Å². The molecule has 2 aromatic rings. The van der Waals surface area contributed by atoms with Crippen LogP contribution in [0.25, 0.3) is 0 Å². The number of nitrogens with one attached hydrogen (secondary N) is 1. The van der Waals surface area contributed by atoms with Crippen LogP contribution in [0.1, 0.15) is 0 Å². The number of hydrogen-bond acceptors (Lipinski definition) is 4. The highest BCUT2D eigenvalue weighted by Crippen LogP contribution is 2.29. The molecular weight excluding hydrogens is 300 g/mol. The molecule has 0 heterocycles. The molecular formula is C13H13ClN2O3S. The van der Waals surface area contributed by atoms with Crippen LogP contribution in [0.15, 0.2) is 47.4 Å². The number of anilines is 2. The zero-order chi connectivity index (χ0) is 14.8. The Bertz CT molecular complexity index is 732. The average Bonchev–Trinajstić information content (AvgIpc) is 2.42. The van der Waals surface area contributed by atoms with Gasteiger partial charge in [-0.15, -0.1) is 0 Å². The van der Waals surface area contributed by atoms with Gasteiger partial charge in [-0.3, -0.25) is 4.72 Å². The van der Waals surface area contributed by atoms with Crippen LogP contribution < -0.4 is 15.2 Å². The van der Waals surface area contributed by atoms with Crippen LogP contribution in [-0.4, -0.2) is 15.5 Å². The molecule has 0 aliphatic rings. The SMILES string of the molecule is COc1ccccc1S(=O)(=O)Nc1cc(N)ccc1Cl. The third-order valence-corrected chi connectivity index (χ3v) is 4.33. The van der Waals surface area contributed by atoms with Crippen LogP contribution in [0, 0.1) is 0 Å². The highest BCUT2D eigenvalue weighted by atomic mass is 35.5. The van der Waals surface area contributed by atoms with Gasteiger partial charge in [0.2, 0.25) is 0 Å². The lowest BCUT2D eigenvalue weighted by atomic mass is 10.3. The highest BCUT2D eigenvalue weighted by molar-refractivity contribution is 7.92. The van der Waals surface area contributed by atoms with Gasteiger partial charge in [0.25, 0.3) is 10.0 Å². The summed E-state index contributed by atoms with van der Waals surface area (Å²) < 4.78 is 32.2. The first-order valence-corrected chi connectivity index (χ1v) is 7.51. The smallest absolute Gasteiger partial charge is 0.265 e. The number of hydrogen-bond donors (Lipinski definition) is 2. The Morgan fingerprint density at radius 3 is 2.60 bits per heavy atom. The maximum atomic E-state index is 12.4. The van der Waals surface area contributed by atoms with E-state index in [-0.39, 0.29) is 21.4 Å². The van der Waals surface area contributed by atoms with Crippen molar-refractivity contribution in [1.82, 2.24) is 0 Å². The van der Waals surface area contributed by atoms with Crippen LogP contribution in [0.4, 0.5) is 11.4 Å². The van der Waals surface area contributed by atoms with Gasteiger partial charge >= 0.3 is 0 Å². The molecule has 7 heteroatoms. The number of methoxy groups -OCH3 is 1. The maximum absolute atomic E-state index is 12.4. The van der Waals surface area contributed by atoms with Crippen molar-refractivity contribution in [3.05, 3.63) is 47.5 Å². The quantitative estimate of drug-likeness (QED) is 0.851. The predicted molar refractivity (Wildman–Crippen MR) is 79.7 cm³/mol. The summed E-state index contributed by atoms with van der Waals surface area (Å²) in [6, 6.07) is 10.9. The molecule has 0 saturated heterocycles. The first-order valence-electron chi connectivity index (χ1n) is 5.65. The van der Waals surface area contributed by atoms with E-state index in [9.17, 15) is 8.42 Å². The summed E-state index contributed by atoms with van der Waals surface area (Å²) in [5.41, 5.74) is 6.25. The normalized spacial score (nSPS) is 11.1. The van der Waals surface area contributed by atoms with Crippen LogP contribution in [0.3, 0.4) is 0 Å². The molecule has 0 aromatic heterocycles. The largest absolute Gasteiger partial charge is 0.495 e. The second-order valence-electron chi connectivity index (χ2n) is 4.00. The summed E-state index contributed by atoms with van der Waals surface area (Å²) in [7, 11) is -2.41. The standard InChI is InChI=1S/C13H13ClN2O3S/c1-19-12-4-2-3-5-13(12)20(17,18)16-11-8-9(15)6-7-10(11)14/h2-8,16H,15H2,1H3. The van der Waals surface area contributed by atoms with E-state index < -0.39 is 10.0 Å². The maximum Gasteiger partial charge on any atom is 0.265 e. The first kappa shape index (κ1) is 14.5. The summed E-state index contributed by atoms with van der Waals surface area (Å²) in [5.74, 6) is 0.250. The lowest BCUT2D eigenvalue weighted by Gasteiger charge is -2.12. The lowest BCUT2D eigenvalue weighted by molar-refractivity contribution is 0.403. The van der Waals surface area contributed by atoms with E-state index in [0.29, 0.717) is 5.69 Å². The number of benzene rings is 2. The Hall–Kier alpha value is -1.92. The summed E-state index contributed by atoms with van der Waals surface area (Å²) in [4.78, 5) is 0.0287. The minimum absolute atomic E-state index is 0.0287. The minimum atomic E-state index is -3.81. The lowest BCUT2D eigenvalue weighted by Crippen LogP contribution is -2.14. The van der Waals surface area contributed by atoms with Crippen molar-refractivity contribution in [1.29, 1.82) is 0 Å². The van der Waals surface area contributed by atoms with Crippen LogP contribution in [0.2, 0.25) is 5.02 Å². The van der Waals surface area contributed by atoms with E-state index in [0.717, 1.165) is 0 Å². The fraction of sp³-hybridized carbons (Fsp3) is 0.0769. The Kier molecular flexibility index (Phi) is 4.06. The Morgan fingerprint density at radius 2 is 1.90 bits per heavy atom. The summed E-state index contributed by atoms with van der Waals surface area (Å²) in [6.45, 7) is 0. The van der Waals surface area contributed by atoms with Crippen LogP contribution >= 0.6 is 11.6 Å². The van der Waals surface area contributed by atoms with E-state index in [1.807, 2.05) is 0 Å². The second-order valence-corrected chi connectivity index (χ2v) is 6.05. The third kappa shape index (κ3) is 2.97. The number of halogens is 1. The Labute approximate surface area is 122 Å². The summed E-state index contributed by atoms with van der Waals surface area (Å²) >= 11 is 5.95. The molecule has 0 atom stereocenters. The van der Waals surface area contributed by atoms with Crippen LogP contribution in [0.5, 0.6) is 5.75 Å². The molecule has 0 amide bonds. The van der Waals surface area contributed by atoms with Crippen LogP contribution in [-0.2, 0) is 10.0 Å². The molecule has 0 spiro atoms. The monoisotopic (exact) mass is 312 g/mol. The Balaban J connectivity index is 2.43. The second kappa shape index (κ2) is 5.60. The van der Waals surface area contributed by atoms with Crippen molar-refractivity contribution in [3.63, 3.8) is 0 Å². The topological polar surface area (TPSA) is 81.4 Å². The fourth-order valence-corrected chi connectivity index (χ4v) is 3.12. The van der Waals surface area contributed by atoms with Crippen molar-refractivity contribution in [2.75, 3.05) is 17.6 Å². The van der Waals surface area contributed by atoms with Crippen molar-refractivity contribution in [2.45, 2.75) is 4.90 Å². The zero-order valence-corrected chi connectivity index (χ0v) is 12.2. The van der Waals surface area contributed by atoms with Gasteiger partial charge in [-0.1, -0.05) is 23.7 Å². The van der Waals surface area contributed by atoms with Gasteiger partial charge in [0, 0.05) is 5.69 Å². The van der Waals surface area contributed by atoms with Gasteiger partial charge < -0.3 is 10.5 Å². The van der Waals surface area contributed by atoms with Gasteiger partial charge in [0.1, 0.15) is 10.6 Å². The Morgan fingerprint density at radius 1 is 1.20 bits per heavy atom. The van der Waals surface area contributed by atoms with E-state index in [2.05, 4.69) is 4.72 Å². The average molecular weight is 313 g/mol. The molecule has 0 radical (unpaired) electrons. The third-order valence-electron chi connectivity index (χ3n) is 2.59. The van der Waals surface area contributed by atoms with Gasteiger partial charge in [-0.25, -0.2) is 8.42 Å². The first-order chi connectivity index (χ1) is 9.44. The van der Waals surface area contributed by atoms with Crippen molar-refractivity contribution >= 4 is 33.0 Å². The predicted octanol–water partition coefficient (Wildman–Crippen LogP) is 2.73. The molecule has 0 bridgehead atoms. The van der Waals surface area contributed by atoms with E-state index in [1.54, 1.807) is 24.3 Å². The molecule has 0 unspecified atom stereocenters. The molecule has 2 rings (SSSR count). The van der Waals surface area contributed by atoms with Crippen molar-refractivity contribution < 1.29 is 13.2 Å². The van der Waals surface area contributed by atoms with E-state index in [1.165, 1.54) is 25.3 Å². The molecule has 0 aliphatic heterocycles. The molecule has 2 aromatic carbocycles. The highest BCUT2D eigenvalue weighted by Gasteiger charge is 2.20. The van der Waals surface area contributed by atoms with E-state index >= 15 is 0 Å². The summed E-state index contributed by atoms with van der Waals surface area (Å²) in [6.07, 6.45) is 0. The molecule has 0 saturated carbocycles. The molecule has 20 heavy (non-hydrogen) atoms. The van der Waals surface area contributed by atoms with Gasteiger partial charge in [0.05, 0.1) is 17.8 Å². The zero-order valence-electron chi connectivity index (χ0n) is 10.6. The van der Waals surface area contributed by atoms with Gasteiger partial charge in [0.15, 0.2) is 0 Å². The molecule has 0 fully saturated rings. The number of nitrogens with two attached hydrogens (primary N) is 1. The number of para-hydroxylation sites is 1. The molecule has 5 nitrogen and oxygen atoms in total. The number of nitrogen functional groups attached to an aromatic ring is 1. The number of rotatable bonds is 4. The molecule has 106 valence electrons. The molecule has 3 N–H and O–H groups in total. The van der Waals surface area contributed by atoms with Crippen molar-refractivity contribution in [3.8, 4) is 5.75 Å². The number of sulfonamides is 1. The molecule has 0 aliphatic carbocycles. The van der Waals surface area contributed by atoms with Gasteiger partial charge in [-0.2, -0.15) is 0 Å². The number of ether oxygens (including phenoxy) is 1.